The Bertz CT molecular complexity index is 649. The molecule has 0 bridgehead atoms. The molecule has 2 N–H and O–H groups in total. The van der Waals surface area contributed by atoms with Gasteiger partial charge in [0.05, 0.1) is 6.04 Å². The first-order valence-corrected chi connectivity index (χ1v) is 7.86. The van der Waals surface area contributed by atoms with Gasteiger partial charge < -0.3 is 10.6 Å². The summed E-state index contributed by atoms with van der Waals surface area (Å²) in [6.45, 7) is 0.134. The Morgan fingerprint density at radius 1 is 1.33 bits per heavy atom. The molecule has 1 aromatic rings. The van der Waals surface area contributed by atoms with Crippen molar-refractivity contribution in [3.8, 4) is 0 Å². The molecule has 1 aromatic carbocycles. The normalized spacial score (nSPS) is 32.0. The van der Waals surface area contributed by atoms with Crippen LogP contribution in [-0.2, 0) is 4.79 Å². The second kappa shape index (κ2) is 7.64. The molecule has 24 heavy (non-hydrogen) atoms. The zero-order chi connectivity index (χ0) is 16.4. The van der Waals surface area contributed by atoms with Crippen molar-refractivity contribution < 1.29 is 13.6 Å². The molecule has 1 fully saturated rings. The van der Waals surface area contributed by atoms with Gasteiger partial charge in [-0.05, 0) is 5.56 Å². The van der Waals surface area contributed by atoms with Gasteiger partial charge in [0.2, 0.25) is 11.0 Å². The number of nitrogens with one attached hydrogen (secondary N) is 2. The summed E-state index contributed by atoms with van der Waals surface area (Å²) in [6.07, 6.45) is 3.78. The zero-order valence-corrected chi connectivity index (χ0v) is 14.3. The van der Waals surface area contributed by atoms with Crippen LogP contribution in [0.4, 0.5) is 8.78 Å². The van der Waals surface area contributed by atoms with Crippen molar-refractivity contribution in [3.63, 3.8) is 0 Å². The van der Waals surface area contributed by atoms with E-state index in [1.165, 1.54) is 6.08 Å². The maximum atomic E-state index is 15.1. The molecule has 3 nitrogen and oxygen atoms in total. The molecule has 0 aromatic heterocycles. The van der Waals surface area contributed by atoms with Gasteiger partial charge in [-0.2, -0.15) is 0 Å². The van der Waals surface area contributed by atoms with Crippen molar-refractivity contribution in [2.24, 2.45) is 0 Å². The molecule has 4 atom stereocenters. The predicted molar refractivity (Wildman–Crippen MR) is 93.7 cm³/mol. The van der Waals surface area contributed by atoms with E-state index in [2.05, 4.69) is 10.6 Å². The molecule has 2 aliphatic rings. The summed E-state index contributed by atoms with van der Waals surface area (Å²) in [4.78, 5) is 12.2. The third kappa shape index (κ3) is 3.79. The number of allylic oxidation sites excluding steroid dienone is 2. The van der Waals surface area contributed by atoms with Crippen LogP contribution in [0.1, 0.15) is 12.0 Å². The second-order valence-corrected chi connectivity index (χ2v) is 6.28. The third-order valence-corrected chi connectivity index (χ3v) is 4.53. The first-order valence-electron chi connectivity index (χ1n) is 7.48. The quantitative estimate of drug-likeness (QED) is 0.797. The van der Waals surface area contributed by atoms with Crippen molar-refractivity contribution in [2.75, 3.05) is 6.54 Å². The van der Waals surface area contributed by atoms with Crippen LogP contribution in [0.25, 0.3) is 5.57 Å². The minimum atomic E-state index is -2.26. The van der Waals surface area contributed by atoms with Gasteiger partial charge in [-0.25, -0.2) is 8.78 Å². The Kier molecular flexibility index (Phi) is 6.01. The van der Waals surface area contributed by atoms with Crippen LogP contribution in [0.3, 0.4) is 0 Å². The van der Waals surface area contributed by atoms with Crippen molar-refractivity contribution >= 4 is 35.5 Å². The van der Waals surface area contributed by atoms with E-state index in [9.17, 15) is 9.18 Å². The van der Waals surface area contributed by atoms with E-state index in [0.717, 1.165) is 0 Å². The Morgan fingerprint density at radius 3 is 2.67 bits per heavy atom. The summed E-state index contributed by atoms with van der Waals surface area (Å²) in [5, 5.41) is 3.08. The van der Waals surface area contributed by atoms with E-state index in [1.807, 2.05) is 6.07 Å². The average Bonchev–Trinajstić information content (AvgIpc) is 2.96. The number of benzene rings is 1. The van der Waals surface area contributed by atoms with Crippen molar-refractivity contribution in [1.82, 2.24) is 10.6 Å². The van der Waals surface area contributed by atoms with Crippen molar-refractivity contribution in [2.45, 2.75) is 29.8 Å². The summed E-state index contributed by atoms with van der Waals surface area (Å²) in [6, 6.07) is 7.25. The molecule has 1 saturated heterocycles. The number of carbonyl (C=O) groups excluding carboxylic acids is 1. The van der Waals surface area contributed by atoms with E-state index in [1.54, 1.807) is 36.4 Å². The second-order valence-electron chi connectivity index (χ2n) is 5.73. The van der Waals surface area contributed by atoms with Gasteiger partial charge in [0.25, 0.3) is 0 Å². The number of amides is 1. The van der Waals surface area contributed by atoms with E-state index in [0.29, 0.717) is 5.56 Å². The highest BCUT2D eigenvalue weighted by atomic mass is 35.5. The number of rotatable bonds is 3. The van der Waals surface area contributed by atoms with Gasteiger partial charge in [0.15, 0.2) is 0 Å². The van der Waals surface area contributed by atoms with E-state index >= 15 is 4.39 Å². The molecule has 1 heterocycles. The highest BCUT2D eigenvalue weighted by Gasteiger charge is 2.43. The van der Waals surface area contributed by atoms with Crippen LogP contribution in [-0.4, -0.2) is 35.8 Å². The van der Waals surface area contributed by atoms with Gasteiger partial charge in [-0.1, -0.05) is 60.2 Å². The lowest BCUT2D eigenvalue weighted by atomic mass is 9.91. The molecule has 1 aliphatic carbocycles. The molecule has 130 valence electrons. The van der Waals surface area contributed by atoms with E-state index in [-0.39, 0.29) is 30.9 Å². The van der Waals surface area contributed by atoms with Crippen LogP contribution in [0.15, 0.2) is 48.6 Å². The number of halogens is 4. The Hall–Kier alpha value is -1.43. The summed E-state index contributed by atoms with van der Waals surface area (Å²) >= 11 is 6.12. The molecular formula is C17H18Cl2F2N2O. The molecule has 7 heteroatoms. The average molecular weight is 375 g/mol. The number of alkyl halides is 3. The van der Waals surface area contributed by atoms with Crippen LogP contribution >= 0.6 is 24.0 Å². The van der Waals surface area contributed by atoms with Gasteiger partial charge >= 0.3 is 0 Å². The third-order valence-electron chi connectivity index (χ3n) is 4.09. The highest BCUT2D eigenvalue weighted by Crippen LogP contribution is 2.40. The van der Waals surface area contributed by atoms with Gasteiger partial charge in [0, 0.05) is 18.5 Å². The predicted octanol–water partition coefficient (Wildman–Crippen LogP) is 3.15. The molecule has 1 amide bonds. The smallest absolute Gasteiger partial charge is 0.237 e. The Balaban J connectivity index is 0.00000208. The van der Waals surface area contributed by atoms with Crippen LogP contribution in [0.5, 0.6) is 0 Å². The van der Waals surface area contributed by atoms with Crippen molar-refractivity contribution in [1.29, 1.82) is 0 Å². The first-order chi connectivity index (χ1) is 11.0. The molecule has 4 unspecified atom stereocenters. The highest BCUT2D eigenvalue weighted by molar-refractivity contribution is 6.30. The first kappa shape index (κ1) is 18.9. The Labute approximate surface area is 150 Å². The van der Waals surface area contributed by atoms with Gasteiger partial charge in [0.1, 0.15) is 12.2 Å². The summed E-state index contributed by atoms with van der Waals surface area (Å²) < 4.78 is 28.3. The maximum Gasteiger partial charge on any atom is 0.237 e. The van der Waals surface area contributed by atoms with Gasteiger partial charge in [-0.3, -0.25) is 4.79 Å². The largest absolute Gasteiger partial charge is 0.344 e. The number of hydrogen-bond acceptors (Lipinski definition) is 2. The maximum absolute atomic E-state index is 15.1. The van der Waals surface area contributed by atoms with Crippen LogP contribution < -0.4 is 10.6 Å². The molecule has 0 radical (unpaired) electrons. The summed E-state index contributed by atoms with van der Waals surface area (Å²) in [5.74, 6) is -0.447. The van der Waals surface area contributed by atoms with Gasteiger partial charge in [-0.15, -0.1) is 12.4 Å². The van der Waals surface area contributed by atoms with Crippen molar-refractivity contribution in [3.05, 3.63) is 54.1 Å². The summed E-state index contributed by atoms with van der Waals surface area (Å²) in [5.41, 5.74) is 0.937. The topological polar surface area (TPSA) is 41.1 Å². The molecule has 0 spiro atoms. The van der Waals surface area contributed by atoms with Crippen LogP contribution in [0.2, 0.25) is 0 Å². The number of carbonyl (C=O) groups is 1. The molecule has 1 aliphatic heterocycles. The fourth-order valence-corrected chi connectivity index (χ4v) is 3.15. The minimum Gasteiger partial charge on any atom is -0.344 e. The molecule has 3 rings (SSSR count). The zero-order valence-electron chi connectivity index (χ0n) is 12.7. The molecule has 0 saturated carbocycles. The SMILES string of the molecule is Cl.O=C(NC1C=CC=C(c2ccccc2)C1(F)Cl)C1CC(F)CN1. The molecular weight excluding hydrogens is 357 g/mol. The minimum absolute atomic E-state index is 0. The van der Waals surface area contributed by atoms with Crippen LogP contribution in [0, 0.1) is 0 Å². The summed E-state index contributed by atoms with van der Waals surface area (Å²) in [7, 11) is 0. The standard InChI is InChI=1S/C17H17ClF2N2O.ClH/c18-17(20)13(11-5-2-1-3-6-11)7-4-8-15(17)22-16(23)14-9-12(19)10-21-14;/h1-8,12,14-15,21H,9-10H2,(H,22,23);1H. The van der Waals surface area contributed by atoms with E-state index in [4.69, 9.17) is 11.6 Å². The lowest BCUT2D eigenvalue weighted by molar-refractivity contribution is -0.123. The lowest BCUT2D eigenvalue weighted by Crippen LogP contribution is -2.52. The fourth-order valence-electron chi connectivity index (χ4n) is 2.85. The fraction of sp³-hybridized carbons (Fsp3) is 0.353. The monoisotopic (exact) mass is 374 g/mol. The number of hydrogen-bond donors (Lipinski definition) is 2. The van der Waals surface area contributed by atoms with E-state index < -0.39 is 29.3 Å². The lowest BCUT2D eigenvalue weighted by Gasteiger charge is -2.32. The Morgan fingerprint density at radius 2 is 2.04 bits per heavy atom.